The fourth-order valence-corrected chi connectivity index (χ4v) is 3.56. The normalized spacial score (nSPS) is 15.9. The van der Waals surface area contributed by atoms with Gasteiger partial charge in [-0.2, -0.15) is 0 Å². The molecule has 3 rings (SSSR count). The zero-order valence-electron chi connectivity index (χ0n) is 19.5. The zero-order valence-corrected chi connectivity index (χ0v) is 19.5. The molecule has 0 unspecified atom stereocenters. The maximum Gasteiger partial charge on any atom is 0.338 e. The molecule has 0 saturated carbocycles. The van der Waals surface area contributed by atoms with Crippen molar-refractivity contribution in [3.63, 3.8) is 0 Å². The first-order valence-electron chi connectivity index (χ1n) is 10.7. The van der Waals surface area contributed by atoms with Crippen LogP contribution < -0.4 is 15.4 Å². The highest BCUT2D eigenvalue weighted by Gasteiger charge is 2.35. The smallest absolute Gasteiger partial charge is 0.338 e. The van der Waals surface area contributed by atoms with E-state index < -0.39 is 12.0 Å². The predicted octanol–water partition coefficient (Wildman–Crippen LogP) is 3.80. The van der Waals surface area contributed by atoms with E-state index in [1.165, 1.54) is 4.90 Å². The van der Waals surface area contributed by atoms with Gasteiger partial charge in [-0.25, -0.2) is 9.59 Å². The van der Waals surface area contributed by atoms with Crippen LogP contribution >= 0.6 is 0 Å². The van der Waals surface area contributed by atoms with Gasteiger partial charge in [0.05, 0.1) is 31.2 Å². The largest absolute Gasteiger partial charge is 0.497 e. The summed E-state index contributed by atoms with van der Waals surface area (Å²) in [6.07, 6.45) is -0.102. The number of allylic oxidation sites excluding steroid dienone is 1. The molecule has 8 nitrogen and oxygen atoms in total. The van der Waals surface area contributed by atoms with Crippen LogP contribution in [-0.2, 0) is 20.7 Å². The lowest BCUT2D eigenvalue weighted by Gasteiger charge is -2.33. The number of anilines is 1. The van der Waals surface area contributed by atoms with E-state index in [1.807, 2.05) is 12.1 Å². The van der Waals surface area contributed by atoms with Crippen LogP contribution in [0.4, 0.5) is 10.5 Å². The first kappa shape index (κ1) is 23.8. The van der Waals surface area contributed by atoms with Gasteiger partial charge in [-0.3, -0.25) is 4.79 Å². The Balaban J connectivity index is 1.82. The Morgan fingerprint density at radius 3 is 2.48 bits per heavy atom. The minimum atomic E-state index is -0.696. The summed E-state index contributed by atoms with van der Waals surface area (Å²) < 4.78 is 10.6. The number of urea groups is 1. The van der Waals surface area contributed by atoms with Crippen LogP contribution in [0.2, 0.25) is 0 Å². The highest BCUT2D eigenvalue weighted by Crippen LogP contribution is 2.32. The minimum Gasteiger partial charge on any atom is -0.497 e. The third-order valence-corrected chi connectivity index (χ3v) is 5.34. The third-order valence-electron chi connectivity index (χ3n) is 5.34. The van der Waals surface area contributed by atoms with Crippen LogP contribution in [0, 0.1) is 0 Å². The molecule has 33 heavy (non-hydrogen) atoms. The lowest BCUT2D eigenvalue weighted by atomic mass is 9.94. The molecule has 2 aromatic rings. The molecule has 1 heterocycles. The van der Waals surface area contributed by atoms with Crippen LogP contribution in [0.5, 0.6) is 5.75 Å². The number of benzene rings is 2. The maximum absolute atomic E-state index is 12.8. The molecule has 174 valence electrons. The van der Waals surface area contributed by atoms with Gasteiger partial charge in [0.1, 0.15) is 5.75 Å². The summed E-state index contributed by atoms with van der Waals surface area (Å²) in [4.78, 5) is 39.2. The first-order valence-corrected chi connectivity index (χ1v) is 10.7. The number of carbonyl (C=O) groups excluding carboxylic acids is 3. The fraction of sp³-hybridized carbons (Fsp3) is 0.320. The number of nitrogens with zero attached hydrogens (tertiary/aromatic N) is 1. The van der Waals surface area contributed by atoms with E-state index >= 15 is 0 Å². The topological polar surface area (TPSA) is 97.0 Å². The van der Waals surface area contributed by atoms with Crippen LogP contribution in [0.1, 0.15) is 37.9 Å². The summed E-state index contributed by atoms with van der Waals surface area (Å²) in [5.74, 6) is 0.0476. The first-order chi connectivity index (χ1) is 15.7. The van der Waals surface area contributed by atoms with Gasteiger partial charge < -0.3 is 25.0 Å². The summed E-state index contributed by atoms with van der Waals surface area (Å²) >= 11 is 0. The number of carbonyl (C=O) groups is 3. The molecule has 0 bridgehead atoms. The van der Waals surface area contributed by atoms with Crippen molar-refractivity contribution in [2.75, 3.05) is 19.5 Å². The zero-order chi connectivity index (χ0) is 24.1. The van der Waals surface area contributed by atoms with E-state index in [9.17, 15) is 14.4 Å². The van der Waals surface area contributed by atoms with Gasteiger partial charge >= 0.3 is 12.0 Å². The van der Waals surface area contributed by atoms with E-state index in [0.29, 0.717) is 22.5 Å². The second-order valence-electron chi connectivity index (χ2n) is 8.09. The Morgan fingerprint density at radius 2 is 1.85 bits per heavy atom. The van der Waals surface area contributed by atoms with Crippen molar-refractivity contribution in [1.82, 2.24) is 10.2 Å². The summed E-state index contributed by atoms with van der Waals surface area (Å²) in [6, 6.07) is 13.3. The summed E-state index contributed by atoms with van der Waals surface area (Å²) in [5.41, 5.74) is 2.95. The molecular weight excluding hydrogens is 422 g/mol. The van der Waals surface area contributed by atoms with Crippen molar-refractivity contribution >= 4 is 23.6 Å². The summed E-state index contributed by atoms with van der Waals surface area (Å²) in [6.45, 7) is 5.25. The van der Waals surface area contributed by atoms with Crippen molar-refractivity contribution < 1.29 is 23.9 Å². The number of hydrogen-bond acceptors (Lipinski definition) is 5. The summed E-state index contributed by atoms with van der Waals surface area (Å²) in [7, 11) is 3.19. The molecule has 1 aliphatic heterocycles. The maximum atomic E-state index is 12.8. The average molecular weight is 452 g/mol. The van der Waals surface area contributed by atoms with Crippen molar-refractivity contribution in [1.29, 1.82) is 0 Å². The number of hydrogen-bond donors (Lipinski definition) is 2. The van der Waals surface area contributed by atoms with Gasteiger partial charge in [0, 0.05) is 18.4 Å². The molecule has 8 heteroatoms. The molecule has 0 aliphatic carbocycles. The molecule has 2 N–H and O–H groups in total. The lowest BCUT2D eigenvalue weighted by molar-refractivity contribution is -0.143. The summed E-state index contributed by atoms with van der Waals surface area (Å²) in [5, 5.41) is 5.73. The Morgan fingerprint density at radius 1 is 1.15 bits per heavy atom. The van der Waals surface area contributed by atoms with Crippen molar-refractivity contribution in [2.45, 2.75) is 39.3 Å². The molecule has 3 amide bonds. The van der Waals surface area contributed by atoms with Gasteiger partial charge in [0.25, 0.3) is 0 Å². The molecule has 0 radical (unpaired) electrons. The highest BCUT2D eigenvalue weighted by atomic mass is 16.5. The van der Waals surface area contributed by atoms with Gasteiger partial charge in [0.2, 0.25) is 5.91 Å². The van der Waals surface area contributed by atoms with Crippen LogP contribution in [0.3, 0.4) is 0 Å². The van der Waals surface area contributed by atoms with Crippen molar-refractivity contribution in [3.05, 3.63) is 70.9 Å². The Hall–Kier alpha value is -3.81. The SMILES string of the molecule is COc1ccc(CC(=O)Nc2cccc([C@@H]3NC(=O)N(C)C(C)=C3C(=O)OC(C)C)c2)cc1. The Kier molecular flexibility index (Phi) is 7.37. The highest BCUT2D eigenvalue weighted by molar-refractivity contribution is 5.95. The van der Waals surface area contributed by atoms with Gasteiger partial charge in [-0.15, -0.1) is 0 Å². The molecule has 1 atom stereocenters. The molecule has 0 saturated heterocycles. The predicted molar refractivity (Wildman–Crippen MR) is 125 cm³/mol. The second-order valence-corrected chi connectivity index (χ2v) is 8.09. The lowest BCUT2D eigenvalue weighted by Crippen LogP contribution is -2.46. The average Bonchev–Trinajstić information content (AvgIpc) is 2.77. The fourth-order valence-electron chi connectivity index (χ4n) is 3.56. The monoisotopic (exact) mass is 451 g/mol. The number of esters is 1. The number of ether oxygens (including phenoxy) is 2. The van der Waals surface area contributed by atoms with Crippen LogP contribution in [0.25, 0.3) is 0 Å². The quantitative estimate of drug-likeness (QED) is 0.624. The van der Waals surface area contributed by atoms with Crippen LogP contribution in [-0.4, -0.2) is 43.1 Å². The van der Waals surface area contributed by atoms with Crippen molar-refractivity contribution in [2.24, 2.45) is 0 Å². The molecule has 1 aliphatic rings. The second kappa shape index (κ2) is 10.2. The third kappa shape index (κ3) is 5.71. The molecule has 0 spiro atoms. The molecule has 2 aromatic carbocycles. The van der Waals surface area contributed by atoms with Gasteiger partial charge in [-0.1, -0.05) is 24.3 Å². The molecular formula is C25H29N3O5. The standard InChI is InChI=1S/C25H29N3O5/c1-15(2)33-24(30)22-16(3)28(4)25(31)27-23(22)18-7-6-8-19(14-18)26-21(29)13-17-9-11-20(32-5)12-10-17/h6-12,14-15,23H,13H2,1-5H3,(H,26,29)(H,27,31)/t23-/m0/s1. The Labute approximate surface area is 193 Å². The number of rotatable bonds is 7. The molecule has 0 fully saturated rings. The van der Waals surface area contributed by atoms with E-state index in [2.05, 4.69) is 10.6 Å². The number of amides is 3. The van der Waals surface area contributed by atoms with Crippen LogP contribution in [0.15, 0.2) is 59.8 Å². The Bertz CT molecular complexity index is 1080. The van der Waals surface area contributed by atoms with Gasteiger partial charge in [-0.05, 0) is 56.2 Å². The van der Waals surface area contributed by atoms with E-state index in [4.69, 9.17) is 9.47 Å². The van der Waals surface area contributed by atoms with E-state index in [0.717, 1.165) is 11.3 Å². The number of nitrogens with one attached hydrogen (secondary N) is 2. The van der Waals surface area contributed by atoms with Crippen molar-refractivity contribution in [3.8, 4) is 5.75 Å². The minimum absolute atomic E-state index is 0.184. The van der Waals surface area contributed by atoms with Gasteiger partial charge in [0.15, 0.2) is 0 Å². The molecule has 0 aromatic heterocycles. The van der Waals surface area contributed by atoms with E-state index in [-0.39, 0.29) is 24.5 Å². The number of methoxy groups -OCH3 is 1. The van der Waals surface area contributed by atoms with E-state index in [1.54, 1.807) is 71.3 Å².